The summed E-state index contributed by atoms with van der Waals surface area (Å²) in [4.78, 5) is 10.2. The molecule has 0 saturated carbocycles. The van der Waals surface area contributed by atoms with Crippen molar-refractivity contribution in [3.05, 3.63) is 0 Å². The van der Waals surface area contributed by atoms with Gasteiger partial charge >= 0.3 is 5.97 Å². The fourth-order valence-corrected chi connectivity index (χ4v) is 0.552. The topological polar surface area (TPSA) is 57.5 Å². The van der Waals surface area contributed by atoms with E-state index in [-0.39, 0.29) is 35.2 Å². The van der Waals surface area contributed by atoms with Crippen LogP contribution in [0.25, 0.3) is 0 Å². The van der Waals surface area contributed by atoms with Crippen molar-refractivity contribution in [3.8, 4) is 0 Å². The van der Waals surface area contributed by atoms with Gasteiger partial charge in [0.25, 0.3) is 0 Å². The van der Waals surface area contributed by atoms with Gasteiger partial charge < -0.3 is 10.2 Å². The molecular weight excluding hydrogens is 228 g/mol. The molecule has 0 aromatic rings. The summed E-state index contributed by atoms with van der Waals surface area (Å²) in [5.41, 5.74) is -1.50. The van der Waals surface area contributed by atoms with Gasteiger partial charge in [-0.3, -0.25) is 0 Å². The van der Waals surface area contributed by atoms with Crippen molar-refractivity contribution in [1.29, 1.82) is 0 Å². The van der Waals surface area contributed by atoms with Crippen LogP contribution in [-0.2, 0) is 27.2 Å². The Morgan fingerprint density at radius 3 is 1.70 bits per heavy atom. The SMILES string of the molecule is CCC(O)(CC)C(=O)O.[Ag]. The van der Waals surface area contributed by atoms with Gasteiger partial charge in [0.15, 0.2) is 5.60 Å². The molecular formula is C6H12AgO3. The molecule has 1 radical (unpaired) electrons. The van der Waals surface area contributed by atoms with Gasteiger partial charge in [0.2, 0.25) is 0 Å². The van der Waals surface area contributed by atoms with E-state index in [1.54, 1.807) is 13.8 Å². The van der Waals surface area contributed by atoms with E-state index in [2.05, 4.69) is 0 Å². The minimum absolute atomic E-state index is 0. The van der Waals surface area contributed by atoms with Gasteiger partial charge in [-0.15, -0.1) is 0 Å². The molecule has 0 amide bonds. The second kappa shape index (κ2) is 4.91. The largest absolute Gasteiger partial charge is 0.479 e. The number of hydrogen-bond acceptors (Lipinski definition) is 2. The minimum atomic E-state index is -1.50. The van der Waals surface area contributed by atoms with Crippen molar-refractivity contribution in [1.82, 2.24) is 0 Å². The number of hydrogen-bond donors (Lipinski definition) is 2. The van der Waals surface area contributed by atoms with Gasteiger partial charge in [-0.2, -0.15) is 0 Å². The maximum absolute atomic E-state index is 10.2. The van der Waals surface area contributed by atoms with Crippen LogP contribution in [0.15, 0.2) is 0 Å². The maximum atomic E-state index is 10.2. The van der Waals surface area contributed by atoms with E-state index in [9.17, 15) is 4.79 Å². The fraction of sp³-hybridized carbons (Fsp3) is 0.833. The average Bonchev–Trinajstić information content (AvgIpc) is 1.86. The maximum Gasteiger partial charge on any atom is 0.335 e. The minimum Gasteiger partial charge on any atom is -0.479 e. The van der Waals surface area contributed by atoms with Crippen LogP contribution in [0.5, 0.6) is 0 Å². The number of aliphatic carboxylic acids is 1. The van der Waals surface area contributed by atoms with E-state index in [4.69, 9.17) is 10.2 Å². The van der Waals surface area contributed by atoms with Crippen molar-refractivity contribution >= 4 is 5.97 Å². The Labute approximate surface area is 75.9 Å². The van der Waals surface area contributed by atoms with E-state index in [0.717, 1.165) is 0 Å². The summed E-state index contributed by atoms with van der Waals surface area (Å²) in [6, 6.07) is 0. The van der Waals surface area contributed by atoms with E-state index in [1.807, 2.05) is 0 Å². The summed E-state index contributed by atoms with van der Waals surface area (Å²) in [7, 11) is 0. The van der Waals surface area contributed by atoms with E-state index in [0.29, 0.717) is 0 Å². The zero-order chi connectivity index (χ0) is 7.49. The van der Waals surface area contributed by atoms with Gasteiger partial charge in [-0.25, -0.2) is 4.79 Å². The predicted octanol–water partition coefficient (Wildman–Crippen LogP) is 0.620. The van der Waals surface area contributed by atoms with Crippen LogP contribution >= 0.6 is 0 Å². The predicted molar refractivity (Wildman–Crippen MR) is 33.2 cm³/mol. The molecule has 0 fully saturated rings. The number of carboxylic acids is 1. The molecule has 65 valence electrons. The molecule has 0 heterocycles. The van der Waals surface area contributed by atoms with Crippen LogP contribution in [0, 0.1) is 0 Å². The number of rotatable bonds is 3. The summed E-state index contributed by atoms with van der Waals surface area (Å²) in [5, 5.41) is 17.5. The van der Waals surface area contributed by atoms with Crippen molar-refractivity contribution in [3.63, 3.8) is 0 Å². The van der Waals surface area contributed by atoms with Gasteiger partial charge in [-0.05, 0) is 12.8 Å². The first-order valence-corrected chi connectivity index (χ1v) is 3.02. The van der Waals surface area contributed by atoms with Crippen LogP contribution < -0.4 is 0 Å². The number of carboxylic acid groups (broad SMARTS) is 1. The molecule has 4 heteroatoms. The van der Waals surface area contributed by atoms with E-state index >= 15 is 0 Å². The van der Waals surface area contributed by atoms with Crippen LogP contribution in [0.2, 0.25) is 0 Å². The smallest absolute Gasteiger partial charge is 0.335 e. The molecule has 2 N–H and O–H groups in total. The normalized spacial score (nSPS) is 10.3. The first-order valence-electron chi connectivity index (χ1n) is 3.02. The average molecular weight is 240 g/mol. The Bertz CT molecular complexity index is 110. The summed E-state index contributed by atoms with van der Waals surface area (Å²) >= 11 is 0. The first-order chi connectivity index (χ1) is 4.06. The molecule has 0 rings (SSSR count). The van der Waals surface area contributed by atoms with Crippen molar-refractivity contribution in [2.75, 3.05) is 0 Å². The Balaban J connectivity index is 0. The fourth-order valence-electron chi connectivity index (χ4n) is 0.552. The van der Waals surface area contributed by atoms with Gasteiger partial charge in [0, 0.05) is 22.4 Å². The van der Waals surface area contributed by atoms with Gasteiger partial charge in [0.1, 0.15) is 0 Å². The third kappa shape index (κ3) is 2.84. The molecule has 0 aliphatic heterocycles. The molecule has 10 heavy (non-hydrogen) atoms. The molecule has 3 nitrogen and oxygen atoms in total. The Hall–Kier alpha value is 0.170. The second-order valence-electron chi connectivity index (χ2n) is 2.04. The van der Waals surface area contributed by atoms with E-state index < -0.39 is 11.6 Å². The van der Waals surface area contributed by atoms with Crippen LogP contribution in [-0.4, -0.2) is 21.8 Å². The monoisotopic (exact) mass is 239 g/mol. The van der Waals surface area contributed by atoms with Crippen LogP contribution in [0.3, 0.4) is 0 Å². The van der Waals surface area contributed by atoms with Gasteiger partial charge in [0.05, 0.1) is 0 Å². The van der Waals surface area contributed by atoms with Crippen molar-refractivity contribution < 1.29 is 37.4 Å². The molecule has 0 aromatic heterocycles. The number of aliphatic hydroxyl groups is 1. The number of carbonyl (C=O) groups is 1. The molecule has 0 aliphatic carbocycles. The quantitative estimate of drug-likeness (QED) is 0.711. The Morgan fingerprint density at radius 1 is 1.40 bits per heavy atom. The first kappa shape index (κ1) is 12.8. The molecule has 0 unspecified atom stereocenters. The summed E-state index contributed by atoms with van der Waals surface area (Å²) in [6.45, 7) is 3.30. The zero-order valence-corrected chi connectivity index (χ0v) is 7.50. The van der Waals surface area contributed by atoms with Gasteiger partial charge in [-0.1, -0.05) is 13.8 Å². The molecule has 0 bridgehead atoms. The summed E-state index contributed by atoms with van der Waals surface area (Å²) < 4.78 is 0. The Morgan fingerprint density at radius 2 is 1.70 bits per heavy atom. The molecule has 0 aliphatic rings. The van der Waals surface area contributed by atoms with Crippen LogP contribution in [0.4, 0.5) is 0 Å². The molecule has 0 atom stereocenters. The molecule has 0 spiro atoms. The third-order valence-electron chi connectivity index (χ3n) is 1.57. The summed E-state index contributed by atoms with van der Waals surface area (Å²) in [6.07, 6.45) is 0.525. The van der Waals surface area contributed by atoms with Crippen molar-refractivity contribution in [2.24, 2.45) is 0 Å². The Kier molecular flexibility index (Phi) is 6.29. The standard InChI is InChI=1S/C6H12O3.Ag/c1-3-6(9,4-2)5(7)8;/h9H,3-4H2,1-2H3,(H,7,8);. The van der Waals surface area contributed by atoms with Crippen LogP contribution in [0.1, 0.15) is 26.7 Å². The zero-order valence-electron chi connectivity index (χ0n) is 6.02. The molecule has 0 aromatic carbocycles. The summed E-state index contributed by atoms with van der Waals surface area (Å²) in [5.74, 6) is -1.13. The third-order valence-corrected chi connectivity index (χ3v) is 1.57. The van der Waals surface area contributed by atoms with Crippen molar-refractivity contribution in [2.45, 2.75) is 32.3 Å². The molecule has 0 saturated heterocycles. The second-order valence-corrected chi connectivity index (χ2v) is 2.04. The van der Waals surface area contributed by atoms with E-state index in [1.165, 1.54) is 0 Å².